The molecule has 1 aromatic heterocycles. The fourth-order valence-electron chi connectivity index (χ4n) is 2.96. The SMILES string of the molecule is CC(C)(C)c1ncsc1C(=O)NCCNC1CCCCCC1.Cl.Cl. The maximum atomic E-state index is 12.3. The van der Waals surface area contributed by atoms with Gasteiger partial charge < -0.3 is 10.6 Å². The van der Waals surface area contributed by atoms with Crippen LogP contribution in [0.2, 0.25) is 0 Å². The van der Waals surface area contributed by atoms with Crippen LogP contribution < -0.4 is 10.6 Å². The molecule has 1 fully saturated rings. The molecule has 2 rings (SSSR count). The lowest BCUT2D eigenvalue weighted by Gasteiger charge is -2.18. The third-order valence-electron chi connectivity index (χ3n) is 4.18. The summed E-state index contributed by atoms with van der Waals surface area (Å²) in [5.74, 6) is 0.00934. The molecule has 0 aromatic carbocycles. The molecule has 0 aliphatic heterocycles. The second-order valence-electron chi connectivity index (χ2n) is 7.18. The van der Waals surface area contributed by atoms with E-state index in [0.717, 1.165) is 17.1 Å². The van der Waals surface area contributed by atoms with E-state index in [1.807, 2.05) is 0 Å². The minimum atomic E-state index is -0.0920. The largest absolute Gasteiger partial charge is 0.350 e. The normalized spacial score (nSPS) is 15.8. The van der Waals surface area contributed by atoms with E-state index in [9.17, 15) is 4.79 Å². The number of thiazole rings is 1. The third-order valence-corrected chi connectivity index (χ3v) is 5.01. The zero-order valence-corrected chi connectivity index (χ0v) is 17.3. The number of rotatable bonds is 5. The smallest absolute Gasteiger partial charge is 0.263 e. The molecule has 2 N–H and O–H groups in total. The van der Waals surface area contributed by atoms with Crippen LogP contribution in [0.15, 0.2) is 5.51 Å². The van der Waals surface area contributed by atoms with Crippen molar-refractivity contribution in [3.63, 3.8) is 0 Å². The maximum absolute atomic E-state index is 12.3. The Kier molecular flexibility index (Phi) is 11.1. The van der Waals surface area contributed by atoms with Gasteiger partial charge in [-0.25, -0.2) is 4.98 Å². The van der Waals surface area contributed by atoms with E-state index < -0.39 is 0 Å². The van der Waals surface area contributed by atoms with Gasteiger partial charge in [0.2, 0.25) is 0 Å². The van der Waals surface area contributed by atoms with Crippen LogP contribution in [0, 0.1) is 0 Å². The second-order valence-corrected chi connectivity index (χ2v) is 8.03. The van der Waals surface area contributed by atoms with Gasteiger partial charge in [0.15, 0.2) is 0 Å². The number of halogens is 2. The first-order valence-electron chi connectivity index (χ1n) is 8.44. The quantitative estimate of drug-likeness (QED) is 0.576. The first-order chi connectivity index (χ1) is 10.5. The van der Waals surface area contributed by atoms with Crippen molar-refractivity contribution in [3.05, 3.63) is 16.1 Å². The van der Waals surface area contributed by atoms with E-state index in [-0.39, 0.29) is 36.1 Å². The highest BCUT2D eigenvalue weighted by Crippen LogP contribution is 2.26. The summed E-state index contributed by atoms with van der Waals surface area (Å²) >= 11 is 1.43. The van der Waals surface area contributed by atoms with Crippen LogP contribution in [0.5, 0.6) is 0 Å². The van der Waals surface area contributed by atoms with Gasteiger partial charge in [-0.3, -0.25) is 4.79 Å². The molecule has 1 aliphatic rings. The fourth-order valence-corrected chi connectivity index (χ4v) is 3.87. The number of hydrogen-bond acceptors (Lipinski definition) is 4. The van der Waals surface area contributed by atoms with Crippen molar-refractivity contribution in [2.75, 3.05) is 13.1 Å². The van der Waals surface area contributed by atoms with E-state index >= 15 is 0 Å². The van der Waals surface area contributed by atoms with Crippen molar-refractivity contribution in [1.82, 2.24) is 15.6 Å². The Hall–Kier alpha value is -0.360. The summed E-state index contributed by atoms with van der Waals surface area (Å²) in [4.78, 5) is 17.4. The fraction of sp³-hybridized carbons (Fsp3) is 0.765. The first kappa shape index (κ1) is 23.6. The number of carbonyl (C=O) groups excluding carboxylic acids is 1. The Morgan fingerprint density at radius 3 is 2.38 bits per heavy atom. The van der Waals surface area contributed by atoms with E-state index in [2.05, 4.69) is 36.4 Å². The molecule has 1 aromatic rings. The number of amides is 1. The van der Waals surface area contributed by atoms with Crippen LogP contribution in [-0.2, 0) is 5.41 Å². The molecule has 1 saturated carbocycles. The van der Waals surface area contributed by atoms with Gasteiger partial charge in [0.05, 0.1) is 11.2 Å². The van der Waals surface area contributed by atoms with Crippen molar-refractivity contribution in [1.29, 1.82) is 0 Å². The van der Waals surface area contributed by atoms with Gasteiger partial charge in [-0.2, -0.15) is 0 Å². The van der Waals surface area contributed by atoms with Gasteiger partial charge in [0, 0.05) is 24.5 Å². The highest BCUT2D eigenvalue weighted by Gasteiger charge is 2.24. The minimum absolute atomic E-state index is 0. The molecular weight excluding hydrogens is 365 g/mol. The van der Waals surface area contributed by atoms with Crippen molar-refractivity contribution >= 4 is 42.1 Å². The zero-order chi connectivity index (χ0) is 16.0. The number of nitrogens with zero attached hydrogens (tertiary/aromatic N) is 1. The minimum Gasteiger partial charge on any atom is -0.350 e. The van der Waals surface area contributed by atoms with Gasteiger partial charge in [-0.1, -0.05) is 46.5 Å². The molecule has 0 atom stereocenters. The lowest BCUT2D eigenvalue weighted by Crippen LogP contribution is -2.37. The van der Waals surface area contributed by atoms with Gasteiger partial charge >= 0.3 is 0 Å². The number of nitrogens with one attached hydrogen (secondary N) is 2. The molecule has 7 heteroatoms. The highest BCUT2D eigenvalue weighted by atomic mass is 35.5. The van der Waals surface area contributed by atoms with Crippen molar-refractivity contribution in [2.24, 2.45) is 0 Å². The third kappa shape index (κ3) is 7.26. The topological polar surface area (TPSA) is 54.0 Å². The van der Waals surface area contributed by atoms with Crippen molar-refractivity contribution < 1.29 is 4.79 Å². The Morgan fingerprint density at radius 1 is 1.17 bits per heavy atom. The van der Waals surface area contributed by atoms with Crippen LogP contribution >= 0.6 is 36.2 Å². The standard InChI is InChI=1S/C17H29N3OS.2ClH/c1-17(2,3)15-14(22-12-20-15)16(21)19-11-10-18-13-8-6-4-5-7-9-13;;/h12-13,18H,4-11H2,1-3H3,(H,19,21);2*1H. The van der Waals surface area contributed by atoms with Gasteiger partial charge in [-0.05, 0) is 12.8 Å². The summed E-state index contributed by atoms with van der Waals surface area (Å²) in [6.07, 6.45) is 7.96. The molecule has 4 nitrogen and oxygen atoms in total. The number of carbonyl (C=O) groups is 1. The number of hydrogen-bond donors (Lipinski definition) is 2. The molecule has 1 aliphatic carbocycles. The lowest BCUT2D eigenvalue weighted by molar-refractivity contribution is 0.0955. The van der Waals surface area contributed by atoms with Crippen LogP contribution in [0.25, 0.3) is 0 Å². The van der Waals surface area contributed by atoms with Crippen LogP contribution in [0.1, 0.15) is 74.7 Å². The summed E-state index contributed by atoms with van der Waals surface area (Å²) in [5.41, 5.74) is 2.57. The molecule has 140 valence electrons. The molecule has 0 radical (unpaired) electrons. The van der Waals surface area contributed by atoms with Gasteiger partial charge in [0.25, 0.3) is 5.91 Å². The number of aromatic nitrogens is 1. The molecule has 0 saturated heterocycles. The first-order valence-corrected chi connectivity index (χ1v) is 9.32. The van der Waals surface area contributed by atoms with Crippen LogP contribution in [0.3, 0.4) is 0 Å². The van der Waals surface area contributed by atoms with Crippen molar-refractivity contribution in [2.45, 2.75) is 70.8 Å². The van der Waals surface area contributed by atoms with E-state index in [0.29, 0.717) is 12.6 Å². The van der Waals surface area contributed by atoms with Crippen molar-refractivity contribution in [3.8, 4) is 0 Å². The van der Waals surface area contributed by atoms with Gasteiger partial charge in [-0.15, -0.1) is 36.2 Å². The molecule has 0 unspecified atom stereocenters. The van der Waals surface area contributed by atoms with E-state index in [1.165, 1.54) is 49.9 Å². The zero-order valence-electron chi connectivity index (χ0n) is 14.9. The van der Waals surface area contributed by atoms with E-state index in [1.54, 1.807) is 5.51 Å². The Balaban J connectivity index is 0.00000264. The molecular formula is C17H31Cl2N3OS. The predicted molar refractivity (Wildman–Crippen MR) is 107 cm³/mol. The molecule has 0 spiro atoms. The Morgan fingerprint density at radius 2 is 1.79 bits per heavy atom. The predicted octanol–water partition coefficient (Wildman–Crippen LogP) is 4.33. The monoisotopic (exact) mass is 395 g/mol. The average molecular weight is 396 g/mol. The second kappa shape index (κ2) is 11.3. The molecule has 1 heterocycles. The summed E-state index contributed by atoms with van der Waals surface area (Å²) < 4.78 is 0. The van der Waals surface area contributed by atoms with Gasteiger partial charge in [0.1, 0.15) is 4.88 Å². The highest BCUT2D eigenvalue weighted by molar-refractivity contribution is 7.11. The van der Waals surface area contributed by atoms with E-state index in [4.69, 9.17) is 0 Å². The Labute approximate surface area is 162 Å². The Bertz CT molecular complexity index is 480. The average Bonchev–Trinajstić information content (AvgIpc) is 2.82. The molecule has 0 bridgehead atoms. The van der Waals surface area contributed by atoms with Crippen LogP contribution in [-0.4, -0.2) is 30.0 Å². The summed E-state index contributed by atoms with van der Waals surface area (Å²) in [7, 11) is 0. The summed E-state index contributed by atoms with van der Waals surface area (Å²) in [5, 5.41) is 6.60. The summed E-state index contributed by atoms with van der Waals surface area (Å²) in [6, 6.07) is 0.632. The van der Waals surface area contributed by atoms with Crippen LogP contribution in [0.4, 0.5) is 0 Å². The molecule has 24 heavy (non-hydrogen) atoms. The maximum Gasteiger partial charge on any atom is 0.263 e. The summed E-state index contributed by atoms with van der Waals surface area (Å²) in [6.45, 7) is 7.79. The molecule has 1 amide bonds. The lowest BCUT2D eigenvalue weighted by atomic mass is 9.91.